The quantitative estimate of drug-likeness (QED) is 0.691. The lowest BCUT2D eigenvalue weighted by atomic mass is 10.00. The highest BCUT2D eigenvalue weighted by Crippen LogP contribution is 2.25. The predicted molar refractivity (Wildman–Crippen MR) is 53.0 cm³/mol. The number of aliphatic hydroxyl groups excluding tert-OH is 1. The van der Waals surface area contributed by atoms with Gasteiger partial charge in [0.25, 0.3) is 0 Å². The van der Waals surface area contributed by atoms with Gasteiger partial charge < -0.3 is 10.2 Å². The van der Waals surface area contributed by atoms with Crippen LogP contribution in [0.1, 0.15) is 20.3 Å². The molecular formula is C10H19NO3. The van der Waals surface area contributed by atoms with Gasteiger partial charge in [-0.3, -0.25) is 9.69 Å². The van der Waals surface area contributed by atoms with Gasteiger partial charge in [-0.2, -0.15) is 0 Å². The van der Waals surface area contributed by atoms with E-state index in [0.717, 1.165) is 6.54 Å². The van der Waals surface area contributed by atoms with Crippen molar-refractivity contribution in [3.63, 3.8) is 0 Å². The first-order valence-electron chi connectivity index (χ1n) is 5.17. The standard InChI is InChI=1S/C10H19NO3/c1-3-9(10(13)14)11-4-7(2)8(5-11)6-12/h7-9,12H,3-6H2,1-2H3,(H,13,14)/t7-,8-,9+/m0/s1. The van der Waals surface area contributed by atoms with Crippen LogP contribution in [0.5, 0.6) is 0 Å². The second-order valence-electron chi connectivity index (χ2n) is 4.14. The number of likely N-dealkylation sites (tertiary alicyclic amines) is 1. The predicted octanol–water partition coefficient (Wildman–Crippen LogP) is 0.410. The second kappa shape index (κ2) is 4.75. The van der Waals surface area contributed by atoms with Gasteiger partial charge in [0, 0.05) is 19.7 Å². The van der Waals surface area contributed by atoms with E-state index in [-0.39, 0.29) is 18.6 Å². The van der Waals surface area contributed by atoms with E-state index in [0.29, 0.717) is 18.9 Å². The van der Waals surface area contributed by atoms with Crippen LogP contribution in [0.3, 0.4) is 0 Å². The van der Waals surface area contributed by atoms with Crippen molar-refractivity contribution in [2.24, 2.45) is 11.8 Å². The zero-order chi connectivity index (χ0) is 10.7. The van der Waals surface area contributed by atoms with Crippen molar-refractivity contribution in [1.29, 1.82) is 0 Å². The van der Waals surface area contributed by atoms with E-state index in [1.807, 2.05) is 11.8 Å². The second-order valence-corrected chi connectivity index (χ2v) is 4.14. The Hall–Kier alpha value is -0.610. The van der Waals surface area contributed by atoms with Crippen LogP contribution < -0.4 is 0 Å². The fraction of sp³-hybridized carbons (Fsp3) is 0.900. The summed E-state index contributed by atoms with van der Waals surface area (Å²) in [5.74, 6) is -0.116. The molecule has 0 aromatic heterocycles. The van der Waals surface area contributed by atoms with E-state index < -0.39 is 5.97 Å². The van der Waals surface area contributed by atoms with Gasteiger partial charge in [0.15, 0.2) is 0 Å². The van der Waals surface area contributed by atoms with Gasteiger partial charge in [0.05, 0.1) is 0 Å². The molecule has 1 saturated heterocycles. The maximum atomic E-state index is 10.9. The van der Waals surface area contributed by atoms with Crippen molar-refractivity contribution in [3.8, 4) is 0 Å². The van der Waals surface area contributed by atoms with Crippen LogP contribution in [0.2, 0.25) is 0 Å². The van der Waals surface area contributed by atoms with Gasteiger partial charge in [-0.25, -0.2) is 0 Å². The van der Waals surface area contributed by atoms with Crippen LogP contribution >= 0.6 is 0 Å². The minimum atomic E-state index is -0.752. The molecule has 82 valence electrons. The molecule has 1 aliphatic rings. The van der Waals surface area contributed by atoms with Gasteiger partial charge in [0.1, 0.15) is 6.04 Å². The highest BCUT2D eigenvalue weighted by Gasteiger charge is 2.35. The van der Waals surface area contributed by atoms with Gasteiger partial charge in [-0.1, -0.05) is 13.8 Å². The highest BCUT2D eigenvalue weighted by molar-refractivity contribution is 5.73. The average Bonchev–Trinajstić information content (AvgIpc) is 2.47. The molecule has 4 nitrogen and oxygen atoms in total. The van der Waals surface area contributed by atoms with Crippen molar-refractivity contribution in [3.05, 3.63) is 0 Å². The van der Waals surface area contributed by atoms with Crippen LogP contribution in [0, 0.1) is 11.8 Å². The van der Waals surface area contributed by atoms with Crippen molar-refractivity contribution in [2.45, 2.75) is 26.3 Å². The molecule has 1 heterocycles. The Morgan fingerprint density at radius 2 is 2.21 bits per heavy atom. The monoisotopic (exact) mass is 201 g/mol. The summed E-state index contributed by atoms with van der Waals surface area (Å²) in [6.45, 7) is 5.61. The number of nitrogens with zero attached hydrogens (tertiary/aromatic N) is 1. The number of aliphatic hydroxyl groups is 1. The summed E-state index contributed by atoms with van der Waals surface area (Å²) in [7, 11) is 0. The molecule has 4 heteroatoms. The third-order valence-corrected chi connectivity index (χ3v) is 3.14. The summed E-state index contributed by atoms with van der Waals surface area (Å²) in [5.41, 5.74) is 0. The molecule has 1 rings (SSSR count). The van der Waals surface area contributed by atoms with Crippen LogP contribution in [0.4, 0.5) is 0 Å². The lowest BCUT2D eigenvalue weighted by molar-refractivity contribution is -0.143. The minimum Gasteiger partial charge on any atom is -0.480 e. The summed E-state index contributed by atoms with van der Waals surface area (Å²) >= 11 is 0. The van der Waals surface area contributed by atoms with E-state index >= 15 is 0 Å². The normalized spacial score (nSPS) is 30.5. The van der Waals surface area contributed by atoms with Gasteiger partial charge in [-0.15, -0.1) is 0 Å². The Morgan fingerprint density at radius 1 is 1.57 bits per heavy atom. The molecule has 1 fully saturated rings. The van der Waals surface area contributed by atoms with Crippen molar-refractivity contribution in [2.75, 3.05) is 19.7 Å². The smallest absolute Gasteiger partial charge is 0.320 e. The third kappa shape index (κ3) is 2.25. The fourth-order valence-electron chi connectivity index (χ4n) is 2.16. The number of hydrogen-bond donors (Lipinski definition) is 2. The lowest BCUT2D eigenvalue weighted by Crippen LogP contribution is -2.39. The van der Waals surface area contributed by atoms with Gasteiger partial charge in [0.2, 0.25) is 0 Å². The van der Waals surface area contributed by atoms with E-state index in [2.05, 4.69) is 6.92 Å². The minimum absolute atomic E-state index is 0.160. The molecule has 14 heavy (non-hydrogen) atoms. The Morgan fingerprint density at radius 3 is 2.57 bits per heavy atom. The van der Waals surface area contributed by atoms with Crippen LogP contribution in [-0.2, 0) is 4.79 Å². The molecule has 0 radical (unpaired) electrons. The lowest BCUT2D eigenvalue weighted by Gasteiger charge is -2.22. The fourth-order valence-corrected chi connectivity index (χ4v) is 2.16. The molecule has 0 bridgehead atoms. The van der Waals surface area contributed by atoms with Crippen LogP contribution in [0.25, 0.3) is 0 Å². The maximum Gasteiger partial charge on any atom is 0.320 e. The average molecular weight is 201 g/mol. The summed E-state index contributed by atoms with van der Waals surface area (Å²) in [6.07, 6.45) is 0.625. The number of rotatable bonds is 4. The molecule has 0 amide bonds. The molecule has 0 aromatic carbocycles. The van der Waals surface area contributed by atoms with Crippen molar-refractivity contribution >= 4 is 5.97 Å². The first kappa shape index (κ1) is 11.5. The number of carboxylic acid groups (broad SMARTS) is 1. The summed E-state index contributed by atoms with van der Waals surface area (Å²) in [6, 6.07) is -0.381. The van der Waals surface area contributed by atoms with E-state index in [1.165, 1.54) is 0 Å². The first-order valence-corrected chi connectivity index (χ1v) is 5.17. The topological polar surface area (TPSA) is 60.8 Å². The van der Waals surface area contributed by atoms with Gasteiger partial charge >= 0.3 is 5.97 Å². The molecule has 0 spiro atoms. The molecule has 3 atom stereocenters. The Kier molecular flexibility index (Phi) is 3.89. The molecular weight excluding hydrogens is 182 g/mol. The van der Waals surface area contributed by atoms with Crippen molar-refractivity contribution in [1.82, 2.24) is 4.90 Å². The number of carboxylic acids is 1. The van der Waals surface area contributed by atoms with Crippen LogP contribution in [-0.4, -0.2) is 46.8 Å². The molecule has 0 unspecified atom stereocenters. The van der Waals surface area contributed by atoms with Gasteiger partial charge in [-0.05, 0) is 18.3 Å². The van der Waals surface area contributed by atoms with E-state index in [4.69, 9.17) is 10.2 Å². The molecule has 2 N–H and O–H groups in total. The Balaban J connectivity index is 2.58. The molecule has 0 aromatic rings. The third-order valence-electron chi connectivity index (χ3n) is 3.14. The zero-order valence-electron chi connectivity index (χ0n) is 8.81. The highest BCUT2D eigenvalue weighted by atomic mass is 16.4. The summed E-state index contributed by atoms with van der Waals surface area (Å²) < 4.78 is 0. The number of aliphatic carboxylic acids is 1. The first-order chi connectivity index (χ1) is 6.60. The maximum absolute atomic E-state index is 10.9. The summed E-state index contributed by atoms with van der Waals surface area (Å²) in [4.78, 5) is 12.9. The Bertz CT molecular complexity index is 208. The number of hydrogen-bond acceptors (Lipinski definition) is 3. The number of carbonyl (C=O) groups is 1. The van der Waals surface area contributed by atoms with Crippen LogP contribution in [0.15, 0.2) is 0 Å². The Labute approximate surface area is 84.5 Å². The molecule has 0 saturated carbocycles. The summed E-state index contributed by atoms with van der Waals surface area (Å²) in [5, 5.41) is 18.0. The SMILES string of the molecule is CC[C@H](C(=O)O)N1C[C@@H](CO)[C@@H](C)C1. The largest absolute Gasteiger partial charge is 0.480 e. The molecule has 1 aliphatic heterocycles. The zero-order valence-corrected chi connectivity index (χ0v) is 8.81. The van der Waals surface area contributed by atoms with E-state index in [1.54, 1.807) is 0 Å². The molecule has 0 aliphatic carbocycles. The van der Waals surface area contributed by atoms with Crippen molar-refractivity contribution < 1.29 is 15.0 Å². The van der Waals surface area contributed by atoms with E-state index in [9.17, 15) is 4.79 Å².